The molecule has 3 aliphatic rings. The lowest BCUT2D eigenvalue weighted by Crippen LogP contribution is -2.22. The molecule has 3 rings (SSSR count). The van der Waals surface area contributed by atoms with E-state index in [1.54, 1.807) is 7.11 Å². The Balaban J connectivity index is 2.19. The van der Waals surface area contributed by atoms with E-state index in [0.717, 1.165) is 11.8 Å². The minimum Gasteiger partial charge on any atom is -0.501 e. The van der Waals surface area contributed by atoms with Crippen LogP contribution in [0.15, 0.2) is 11.8 Å². The van der Waals surface area contributed by atoms with Gasteiger partial charge in [0, 0.05) is 5.92 Å². The molecule has 0 heterocycles. The predicted octanol–water partition coefficient (Wildman–Crippen LogP) is 2.34. The quantitative estimate of drug-likeness (QED) is 0.540. The number of ether oxygens (including phenoxy) is 1. The fourth-order valence-corrected chi connectivity index (χ4v) is 2.17. The fourth-order valence-electron chi connectivity index (χ4n) is 2.17. The lowest BCUT2D eigenvalue weighted by Gasteiger charge is -2.34. The van der Waals surface area contributed by atoms with E-state index >= 15 is 0 Å². The van der Waals surface area contributed by atoms with Crippen molar-refractivity contribution in [2.24, 2.45) is 11.8 Å². The van der Waals surface area contributed by atoms with Crippen molar-refractivity contribution in [2.75, 3.05) is 7.11 Å². The highest BCUT2D eigenvalue weighted by atomic mass is 16.5. The molecule has 0 spiro atoms. The Bertz CT molecular complexity index is 152. The van der Waals surface area contributed by atoms with Crippen LogP contribution in [-0.2, 0) is 4.74 Å². The highest BCUT2D eigenvalue weighted by Crippen LogP contribution is 2.40. The van der Waals surface area contributed by atoms with E-state index in [0.29, 0.717) is 0 Å². The first-order valence-corrected chi connectivity index (χ1v) is 4.16. The summed E-state index contributed by atoms with van der Waals surface area (Å²) in [7, 11) is 1.80. The van der Waals surface area contributed by atoms with Crippen LogP contribution in [-0.4, -0.2) is 7.11 Å². The average molecular weight is 138 g/mol. The van der Waals surface area contributed by atoms with Crippen molar-refractivity contribution in [2.45, 2.75) is 25.7 Å². The summed E-state index contributed by atoms with van der Waals surface area (Å²) in [5.41, 5.74) is 0. The molecule has 2 bridgehead atoms. The van der Waals surface area contributed by atoms with E-state index in [9.17, 15) is 0 Å². The minimum atomic E-state index is 0.773. The number of fused-ring (bicyclic) bond motifs is 2. The maximum absolute atomic E-state index is 5.29. The Labute approximate surface area is 62.1 Å². The molecule has 10 heavy (non-hydrogen) atoms. The second-order valence-electron chi connectivity index (χ2n) is 3.38. The molecule has 0 amide bonds. The van der Waals surface area contributed by atoms with E-state index in [-0.39, 0.29) is 0 Å². The number of hydrogen-bond donors (Lipinski definition) is 0. The third-order valence-corrected chi connectivity index (χ3v) is 2.81. The monoisotopic (exact) mass is 138 g/mol. The average Bonchev–Trinajstić information content (AvgIpc) is 2.06. The molecule has 0 aromatic heterocycles. The van der Waals surface area contributed by atoms with Crippen LogP contribution >= 0.6 is 0 Å². The van der Waals surface area contributed by atoms with Crippen LogP contribution in [0.4, 0.5) is 0 Å². The smallest absolute Gasteiger partial charge is 0.0949 e. The van der Waals surface area contributed by atoms with Crippen LogP contribution in [0.5, 0.6) is 0 Å². The highest BCUT2D eigenvalue weighted by molar-refractivity contribution is 5.09. The van der Waals surface area contributed by atoms with Gasteiger partial charge in [0.2, 0.25) is 0 Å². The molecule has 3 aliphatic carbocycles. The molecule has 0 N–H and O–H groups in total. The first kappa shape index (κ1) is 6.26. The van der Waals surface area contributed by atoms with Gasteiger partial charge in [-0.2, -0.15) is 0 Å². The van der Waals surface area contributed by atoms with E-state index in [2.05, 4.69) is 6.08 Å². The molecule has 0 unspecified atom stereocenters. The summed E-state index contributed by atoms with van der Waals surface area (Å²) in [6.45, 7) is 0. The largest absolute Gasteiger partial charge is 0.501 e. The summed E-state index contributed by atoms with van der Waals surface area (Å²) in [4.78, 5) is 0. The normalized spacial score (nSPS) is 37.5. The number of methoxy groups -OCH3 is 1. The Morgan fingerprint density at radius 3 is 2.30 bits per heavy atom. The molecular formula is C9H14O. The molecule has 0 radical (unpaired) electrons. The third-order valence-electron chi connectivity index (χ3n) is 2.81. The second kappa shape index (κ2) is 2.30. The zero-order chi connectivity index (χ0) is 6.97. The summed E-state index contributed by atoms with van der Waals surface area (Å²) in [6.07, 6.45) is 7.86. The van der Waals surface area contributed by atoms with Gasteiger partial charge in [-0.05, 0) is 37.7 Å². The van der Waals surface area contributed by atoms with Crippen LogP contribution in [0.25, 0.3) is 0 Å². The van der Waals surface area contributed by atoms with Gasteiger partial charge in [0.15, 0.2) is 0 Å². The summed E-state index contributed by atoms with van der Waals surface area (Å²) in [5.74, 6) is 2.89. The standard InChI is InChI=1S/C9H14O/c1-10-9-6-7-2-4-8(9)5-3-7/h6-8H,2-5H2,1H3. The van der Waals surface area contributed by atoms with Gasteiger partial charge in [0.25, 0.3) is 0 Å². The fraction of sp³-hybridized carbons (Fsp3) is 0.778. The lowest BCUT2D eigenvalue weighted by molar-refractivity contribution is 0.173. The molecule has 0 aromatic rings. The number of rotatable bonds is 1. The minimum absolute atomic E-state index is 0.773. The van der Waals surface area contributed by atoms with Crippen LogP contribution in [0.3, 0.4) is 0 Å². The van der Waals surface area contributed by atoms with Crippen LogP contribution in [0.2, 0.25) is 0 Å². The molecule has 0 aliphatic heterocycles. The predicted molar refractivity (Wildman–Crippen MR) is 40.5 cm³/mol. The van der Waals surface area contributed by atoms with Gasteiger partial charge in [0.1, 0.15) is 0 Å². The molecule has 0 aromatic carbocycles. The molecule has 0 atom stereocenters. The molecule has 1 saturated carbocycles. The SMILES string of the molecule is COC1=CC2CCC1CC2. The van der Waals surface area contributed by atoms with Gasteiger partial charge in [-0.15, -0.1) is 0 Å². The molecule has 0 saturated heterocycles. The van der Waals surface area contributed by atoms with Gasteiger partial charge < -0.3 is 4.74 Å². The Kier molecular flexibility index (Phi) is 1.44. The third kappa shape index (κ3) is 0.845. The maximum atomic E-state index is 5.29. The summed E-state index contributed by atoms with van der Waals surface area (Å²) in [5, 5.41) is 0. The van der Waals surface area contributed by atoms with Crippen molar-refractivity contribution in [1.29, 1.82) is 0 Å². The van der Waals surface area contributed by atoms with Crippen molar-refractivity contribution < 1.29 is 4.74 Å². The van der Waals surface area contributed by atoms with Crippen LogP contribution < -0.4 is 0 Å². The molecular weight excluding hydrogens is 124 g/mol. The van der Waals surface area contributed by atoms with Crippen molar-refractivity contribution in [3.63, 3.8) is 0 Å². The Hall–Kier alpha value is -0.460. The zero-order valence-corrected chi connectivity index (χ0v) is 6.47. The molecule has 1 fully saturated rings. The van der Waals surface area contributed by atoms with Crippen molar-refractivity contribution in [3.8, 4) is 0 Å². The Morgan fingerprint density at radius 1 is 1.30 bits per heavy atom. The second-order valence-corrected chi connectivity index (χ2v) is 3.38. The first-order valence-electron chi connectivity index (χ1n) is 4.16. The van der Waals surface area contributed by atoms with E-state index < -0.39 is 0 Å². The van der Waals surface area contributed by atoms with E-state index in [1.807, 2.05) is 0 Å². The highest BCUT2D eigenvalue weighted by Gasteiger charge is 2.29. The van der Waals surface area contributed by atoms with Gasteiger partial charge in [-0.1, -0.05) is 0 Å². The lowest BCUT2D eigenvalue weighted by atomic mass is 9.75. The van der Waals surface area contributed by atoms with E-state index in [1.165, 1.54) is 31.4 Å². The molecule has 1 nitrogen and oxygen atoms in total. The molecule has 56 valence electrons. The maximum Gasteiger partial charge on any atom is 0.0949 e. The van der Waals surface area contributed by atoms with Gasteiger partial charge in [0.05, 0.1) is 12.9 Å². The summed E-state index contributed by atoms with van der Waals surface area (Å²) < 4.78 is 5.29. The summed E-state index contributed by atoms with van der Waals surface area (Å²) in [6, 6.07) is 0. The van der Waals surface area contributed by atoms with Crippen molar-refractivity contribution in [1.82, 2.24) is 0 Å². The van der Waals surface area contributed by atoms with Crippen molar-refractivity contribution in [3.05, 3.63) is 11.8 Å². The van der Waals surface area contributed by atoms with E-state index in [4.69, 9.17) is 4.74 Å². The molecule has 1 heteroatoms. The first-order chi connectivity index (χ1) is 4.90. The van der Waals surface area contributed by atoms with Gasteiger partial charge in [-0.3, -0.25) is 0 Å². The van der Waals surface area contributed by atoms with Crippen LogP contribution in [0.1, 0.15) is 25.7 Å². The van der Waals surface area contributed by atoms with Crippen molar-refractivity contribution >= 4 is 0 Å². The summed E-state index contributed by atoms with van der Waals surface area (Å²) >= 11 is 0. The van der Waals surface area contributed by atoms with Gasteiger partial charge >= 0.3 is 0 Å². The Morgan fingerprint density at radius 2 is 2.00 bits per heavy atom. The van der Waals surface area contributed by atoms with Gasteiger partial charge in [-0.25, -0.2) is 0 Å². The number of allylic oxidation sites excluding steroid dienone is 2. The zero-order valence-electron chi connectivity index (χ0n) is 6.47. The number of hydrogen-bond acceptors (Lipinski definition) is 1. The topological polar surface area (TPSA) is 9.23 Å². The van der Waals surface area contributed by atoms with Crippen LogP contribution in [0, 0.1) is 11.8 Å².